The topological polar surface area (TPSA) is 106 Å². The lowest BCUT2D eigenvalue weighted by molar-refractivity contribution is -0.271. The fraction of sp³-hybridized carbons (Fsp3) is 0. The van der Waals surface area contributed by atoms with E-state index in [4.69, 9.17) is 5.11 Å². The van der Waals surface area contributed by atoms with Crippen LogP contribution in [-0.4, -0.2) is 21.0 Å². The quantitative estimate of drug-likeness (QED) is 0.779. The first-order chi connectivity index (χ1) is 7.59. The van der Waals surface area contributed by atoms with Crippen molar-refractivity contribution in [2.45, 2.75) is 0 Å². The number of H-pyrrole nitrogens is 1. The van der Waals surface area contributed by atoms with Gasteiger partial charge in [-0.1, -0.05) is 6.07 Å². The van der Waals surface area contributed by atoms with Crippen LogP contribution in [0, 0.1) is 0 Å². The molecule has 0 bridgehead atoms. The van der Waals surface area contributed by atoms with Crippen molar-refractivity contribution < 1.29 is 15.0 Å². The van der Waals surface area contributed by atoms with Crippen molar-refractivity contribution in [3.63, 3.8) is 0 Å². The minimum Gasteiger partial charge on any atom is -0.867 e. The molecule has 82 valence electrons. The minimum absolute atomic E-state index is 0.0944. The van der Waals surface area contributed by atoms with Crippen molar-refractivity contribution >= 4 is 17.3 Å². The molecule has 0 fully saturated rings. The van der Waals surface area contributed by atoms with E-state index in [0.717, 1.165) is 0 Å². The average molecular weight is 237 g/mol. The average Bonchev–Trinajstić information content (AvgIpc) is 2.74. The van der Waals surface area contributed by atoms with Crippen LogP contribution in [0.2, 0.25) is 0 Å². The van der Waals surface area contributed by atoms with Gasteiger partial charge in [-0.05, 0) is 17.2 Å². The van der Waals surface area contributed by atoms with Gasteiger partial charge in [0.05, 0.1) is 4.88 Å². The molecule has 0 aliphatic rings. The zero-order valence-electron chi connectivity index (χ0n) is 7.76. The van der Waals surface area contributed by atoms with Gasteiger partial charge in [0.1, 0.15) is 5.69 Å². The highest BCUT2D eigenvalue weighted by atomic mass is 32.1. The first-order valence-electron chi connectivity index (χ1n) is 4.18. The maximum atomic E-state index is 11.2. The molecule has 0 aliphatic heterocycles. The molecule has 0 atom stereocenters. The summed E-state index contributed by atoms with van der Waals surface area (Å²) >= 11 is 1.28. The first-order valence-corrected chi connectivity index (χ1v) is 5.06. The Balaban J connectivity index is 2.67. The van der Waals surface area contributed by atoms with Gasteiger partial charge in [0.25, 0.3) is 0 Å². The second-order valence-corrected chi connectivity index (χ2v) is 3.82. The summed E-state index contributed by atoms with van der Waals surface area (Å²) in [6, 6.07) is 3.39. The highest BCUT2D eigenvalue weighted by Crippen LogP contribution is 2.20. The SMILES string of the molecule is O=C(O)c1nc(-c2cccs2)[nH]c(=O)c1[O-]. The molecule has 0 unspecified atom stereocenters. The van der Waals surface area contributed by atoms with Gasteiger partial charge in [0.15, 0.2) is 5.82 Å². The first kappa shape index (κ1) is 10.4. The van der Waals surface area contributed by atoms with Crippen LogP contribution in [-0.2, 0) is 0 Å². The van der Waals surface area contributed by atoms with E-state index in [1.165, 1.54) is 11.3 Å². The summed E-state index contributed by atoms with van der Waals surface area (Å²) in [7, 11) is 0. The molecule has 2 N–H and O–H groups in total. The number of aromatic amines is 1. The van der Waals surface area contributed by atoms with Crippen LogP contribution in [0.15, 0.2) is 22.3 Å². The molecule has 7 heteroatoms. The van der Waals surface area contributed by atoms with Crippen molar-refractivity contribution in [2.75, 3.05) is 0 Å². The molecule has 0 spiro atoms. The van der Waals surface area contributed by atoms with Crippen molar-refractivity contribution in [1.29, 1.82) is 0 Å². The molecule has 0 saturated carbocycles. The van der Waals surface area contributed by atoms with Crippen molar-refractivity contribution in [3.8, 4) is 16.5 Å². The van der Waals surface area contributed by atoms with E-state index in [-0.39, 0.29) is 5.82 Å². The molecule has 2 heterocycles. The zero-order chi connectivity index (χ0) is 11.7. The Labute approximate surface area is 92.8 Å². The van der Waals surface area contributed by atoms with Crippen molar-refractivity contribution in [2.24, 2.45) is 0 Å². The third-order valence-corrected chi connectivity index (χ3v) is 2.71. The molecule has 2 rings (SSSR count). The fourth-order valence-corrected chi connectivity index (χ4v) is 1.81. The molecule has 0 amide bonds. The molecule has 0 aliphatic carbocycles. The lowest BCUT2D eigenvalue weighted by Crippen LogP contribution is -2.20. The zero-order valence-corrected chi connectivity index (χ0v) is 8.58. The van der Waals surface area contributed by atoms with Crippen LogP contribution < -0.4 is 10.7 Å². The molecular weight excluding hydrogens is 232 g/mol. The van der Waals surface area contributed by atoms with E-state index in [1.807, 2.05) is 0 Å². The van der Waals surface area contributed by atoms with Gasteiger partial charge in [-0.2, -0.15) is 0 Å². The molecule has 16 heavy (non-hydrogen) atoms. The Hall–Kier alpha value is -2.15. The second kappa shape index (κ2) is 3.78. The largest absolute Gasteiger partial charge is 0.867 e. The number of carbonyl (C=O) groups is 1. The van der Waals surface area contributed by atoms with Crippen LogP contribution >= 0.6 is 11.3 Å². The van der Waals surface area contributed by atoms with Gasteiger partial charge in [0.2, 0.25) is 5.56 Å². The standard InChI is InChI=1S/C9H6N2O4S/c12-6-5(9(14)15)10-7(11-8(6)13)4-2-1-3-16-4/h1-3,12H,(H,14,15)(H,10,11,13)/p-1. The molecule has 0 saturated heterocycles. The van der Waals surface area contributed by atoms with Crippen LogP contribution in [0.3, 0.4) is 0 Å². The van der Waals surface area contributed by atoms with Crippen LogP contribution in [0.5, 0.6) is 5.75 Å². The predicted molar refractivity (Wildman–Crippen MR) is 54.6 cm³/mol. The minimum atomic E-state index is -1.51. The van der Waals surface area contributed by atoms with Gasteiger partial charge < -0.3 is 15.2 Å². The highest BCUT2D eigenvalue weighted by molar-refractivity contribution is 7.13. The normalized spacial score (nSPS) is 10.2. The second-order valence-electron chi connectivity index (χ2n) is 2.87. The summed E-state index contributed by atoms with van der Waals surface area (Å²) in [4.78, 5) is 28.3. The molecule has 0 radical (unpaired) electrons. The van der Waals surface area contributed by atoms with Crippen LogP contribution in [0.1, 0.15) is 10.5 Å². The Morgan fingerprint density at radius 3 is 2.88 bits per heavy atom. The van der Waals surface area contributed by atoms with Crippen molar-refractivity contribution in [1.82, 2.24) is 9.97 Å². The molecule has 2 aromatic rings. The lowest BCUT2D eigenvalue weighted by Gasteiger charge is -2.08. The molecule has 2 aromatic heterocycles. The number of nitrogens with zero attached hydrogens (tertiary/aromatic N) is 1. The van der Waals surface area contributed by atoms with Gasteiger partial charge in [-0.3, -0.25) is 4.79 Å². The summed E-state index contributed by atoms with van der Waals surface area (Å²) in [6.45, 7) is 0. The number of nitrogens with one attached hydrogen (secondary N) is 1. The Morgan fingerprint density at radius 2 is 2.31 bits per heavy atom. The van der Waals surface area contributed by atoms with Crippen LogP contribution in [0.25, 0.3) is 10.7 Å². The number of thiophene rings is 1. The summed E-state index contributed by atoms with van der Waals surface area (Å²) in [6.07, 6.45) is 0. The fourth-order valence-electron chi connectivity index (χ4n) is 1.14. The maximum absolute atomic E-state index is 11.2. The lowest BCUT2D eigenvalue weighted by atomic mass is 10.3. The Morgan fingerprint density at radius 1 is 1.56 bits per heavy atom. The predicted octanol–water partition coefficient (Wildman–Crippen LogP) is 0.270. The Bertz CT molecular complexity index is 588. The Kier molecular flexibility index (Phi) is 2.45. The number of hydrogen-bond acceptors (Lipinski definition) is 5. The number of carboxylic acids is 1. The third-order valence-electron chi connectivity index (χ3n) is 1.83. The van der Waals surface area contributed by atoms with E-state index in [9.17, 15) is 14.7 Å². The number of carboxylic acid groups (broad SMARTS) is 1. The summed E-state index contributed by atoms with van der Waals surface area (Å²) in [5.74, 6) is -2.54. The van der Waals surface area contributed by atoms with Gasteiger partial charge in [-0.25, -0.2) is 9.78 Å². The monoisotopic (exact) mass is 237 g/mol. The van der Waals surface area contributed by atoms with Gasteiger partial charge in [-0.15, -0.1) is 11.3 Å². The number of rotatable bonds is 2. The van der Waals surface area contributed by atoms with Crippen LogP contribution in [0.4, 0.5) is 0 Å². The van der Waals surface area contributed by atoms with Gasteiger partial charge in [0, 0.05) is 0 Å². The highest BCUT2D eigenvalue weighted by Gasteiger charge is 2.12. The van der Waals surface area contributed by atoms with Gasteiger partial charge >= 0.3 is 5.97 Å². The number of aromatic carboxylic acids is 1. The molecular formula is C9H5N2O4S-. The molecule has 6 nitrogen and oxygen atoms in total. The third kappa shape index (κ3) is 1.68. The van der Waals surface area contributed by atoms with E-state index in [1.54, 1.807) is 17.5 Å². The summed E-state index contributed by atoms with van der Waals surface area (Å²) < 4.78 is 0. The van der Waals surface area contributed by atoms with E-state index in [0.29, 0.717) is 4.88 Å². The molecule has 0 aromatic carbocycles. The number of hydrogen-bond donors (Lipinski definition) is 2. The summed E-state index contributed by atoms with van der Waals surface area (Å²) in [5, 5.41) is 21.6. The van der Waals surface area contributed by atoms with E-state index >= 15 is 0 Å². The van der Waals surface area contributed by atoms with E-state index in [2.05, 4.69) is 9.97 Å². The van der Waals surface area contributed by atoms with E-state index < -0.39 is 23.0 Å². The number of aromatic nitrogens is 2. The summed E-state index contributed by atoms with van der Waals surface area (Å²) in [5.41, 5.74) is -1.73. The van der Waals surface area contributed by atoms with Crippen molar-refractivity contribution in [3.05, 3.63) is 33.6 Å². The smallest absolute Gasteiger partial charge is 0.354 e. The maximum Gasteiger partial charge on any atom is 0.354 e.